The van der Waals surface area contributed by atoms with Gasteiger partial charge in [0, 0.05) is 17.7 Å². The number of nitrogens with zero attached hydrogens (tertiary/aromatic N) is 2. The van der Waals surface area contributed by atoms with E-state index in [4.69, 9.17) is 0 Å². The number of hydrogen-bond donors (Lipinski definition) is 1. The second kappa shape index (κ2) is 8.78. The molecule has 4 nitrogen and oxygen atoms in total. The van der Waals surface area contributed by atoms with Gasteiger partial charge in [0.1, 0.15) is 11.6 Å². The van der Waals surface area contributed by atoms with Gasteiger partial charge in [-0.15, -0.1) is 13.2 Å². The van der Waals surface area contributed by atoms with Gasteiger partial charge in [0.25, 0.3) is 5.91 Å². The summed E-state index contributed by atoms with van der Waals surface area (Å²) in [6, 6.07) is 6.15. The van der Waals surface area contributed by atoms with Gasteiger partial charge in [-0.25, -0.2) is 4.39 Å². The molecular formula is C24H29FN2O2. The van der Waals surface area contributed by atoms with Crippen molar-refractivity contribution in [1.29, 1.82) is 0 Å². The van der Waals surface area contributed by atoms with Crippen LogP contribution in [0.4, 0.5) is 4.39 Å². The molecule has 0 atom stereocenters. The van der Waals surface area contributed by atoms with Crippen LogP contribution in [0.2, 0.25) is 0 Å². The van der Waals surface area contributed by atoms with Gasteiger partial charge in [0.15, 0.2) is 0 Å². The van der Waals surface area contributed by atoms with Crippen LogP contribution >= 0.6 is 0 Å². The molecule has 5 heteroatoms. The molecule has 1 spiro atoms. The van der Waals surface area contributed by atoms with Crippen LogP contribution in [0.5, 0.6) is 0 Å². The van der Waals surface area contributed by atoms with Crippen LogP contribution in [0.1, 0.15) is 36.5 Å². The van der Waals surface area contributed by atoms with E-state index in [2.05, 4.69) is 25.0 Å². The van der Waals surface area contributed by atoms with Crippen LogP contribution in [0.3, 0.4) is 0 Å². The third kappa shape index (κ3) is 3.92. The lowest BCUT2D eigenvalue weighted by Gasteiger charge is -2.41. The molecule has 1 amide bonds. The number of allylic oxidation sites excluding steroid dienone is 3. The van der Waals surface area contributed by atoms with Crippen LogP contribution in [0.15, 0.2) is 72.7 Å². The molecule has 1 aromatic rings. The van der Waals surface area contributed by atoms with Gasteiger partial charge in [-0.1, -0.05) is 19.1 Å². The lowest BCUT2D eigenvalue weighted by atomic mass is 9.72. The average molecular weight is 397 g/mol. The molecule has 0 aromatic heterocycles. The third-order valence-corrected chi connectivity index (χ3v) is 6.24. The zero-order valence-electron chi connectivity index (χ0n) is 17.0. The van der Waals surface area contributed by atoms with Crippen molar-refractivity contribution in [3.8, 4) is 0 Å². The first-order chi connectivity index (χ1) is 14.0. The molecule has 0 saturated carbocycles. The summed E-state index contributed by atoms with van der Waals surface area (Å²) >= 11 is 0. The Morgan fingerprint density at radius 2 is 1.90 bits per heavy atom. The first-order valence-corrected chi connectivity index (χ1v) is 10.1. The zero-order chi connectivity index (χ0) is 21.0. The number of hydrogen-bond acceptors (Lipinski definition) is 3. The molecule has 2 heterocycles. The number of rotatable bonds is 2. The largest absolute Gasteiger partial charge is 0.508 e. The lowest BCUT2D eigenvalue weighted by molar-refractivity contribution is 0.0733. The van der Waals surface area contributed by atoms with E-state index in [0.717, 1.165) is 38.2 Å². The molecule has 0 radical (unpaired) electrons. The monoisotopic (exact) mass is 396 g/mol. The van der Waals surface area contributed by atoms with E-state index in [0.29, 0.717) is 13.0 Å². The fourth-order valence-electron chi connectivity index (χ4n) is 4.59. The Bertz CT molecular complexity index is 863. The van der Waals surface area contributed by atoms with Gasteiger partial charge in [0.2, 0.25) is 0 Å². The highest BCUT2D eigenvalue weighted by molar-refractivity contribution is 5.96. The molecule has 2 aliphatic heterocycles. The SMILES string of the molecule is C=C.CCN1CCC2(CC1)CN(C(=O)c1ccccc1F)C1=C2CC=C(O)C=C1. The summed E-state index contributed by atoms with van der Waals surface area (Å²) < 4.78 is 14.3. The van der Waals surface area contributed by atoms with Gasteiger partial charge in [-0.3, -0.25) is 4.79 Å². The number of benzene rings is 1. The molecule has 1 fully saturated rings. The van der Waals surface area contributed by atoms with Gasteiger partial charge in [-0.2, -0.15) is 0 Å². The van der Waals surface area contributed by atoms with Gasteiger partial charge in [-0.05, 0) is 74.8 Å². The molecule has 154 valence electrons. The molecule has 1 N–H and O–H groups in total. The fourth-order valence-corrected chi connectivity index (χ4v) is 4.59. The van der Waals surface area contributed by atoms with Crippen LogP contribution in [-0.4, -0.2) is 47.0 Å². The van der Waals surface area contributed by atoms with Crippen molar-refractivity contribution >= 4 is 5.91 Å². The fraction of sp³-hybridized carbons (Fsp3) is 0.375. The number of piperidine rings is 1. The van der Waals surface area contributed by atoms with Crippen LogP contribution in [0.25, 0.3) is 0 Å². The van der Waals surface area contributed by atoms with Crippen molar-refractivity contribution in [3.05, 3.63) is 84.1 Å². The Labute approximate surface area is 172 Å². The van der Waals surface area contributed by atoms with E-state index in [1.165, 1.54) is 11.6 Å². The van der Waals surface area contributed by atoms with Crippen molar-refractivity contribution in [2.24, 2.45) is 5.41 Å². The summed E-state index contributed by atoms with van der Waals surface area (Å²) in [5, 5.41) is 9.97. The number of likely N-dealkylation sites (tertiary alicyclic amines) is 1. The standard InChI is InChI=1S/C22H25FN2O2.C2H4/c1-2-24-13-11-22(12-14-24)15-25(20-10-8-16(26)7-9-18(20)22)21(27)17-5-3-4-6-19(17)23;1-2/h3-8,10,26H,2,9,11-15H2,1H3;1-2H2. The maximum Gasteiger partial charge on any atom is 0.261 e. The maximum absolute atomic E-state index is 14.3. The lowest BCUT2D eigenvalue weighted by Crippen LogP contribution is -2.44. The number of carbonyl (C=O) groups excluding carboxylic acids is 1. The normalized spacial score (nSPS) is 20.6. The second-order valence-corrected chi connectivity index (χ2v) is 7.62. The first-order valence-electron chi connectivity index (χ1n) is 10.1. The number of halogens is 1. The summed E-state index contributed by atoms with van der Waals surface area (Å²) in [5.74, 6) is -0.588. The number of amides is 1. The first kappa shape index (κ1) is 21.1. The number of fused-ring (bicyclic) bond motifs is 1. The maximum atomic E-state index is 14.3. The van der Waals surface area contributed by atoms with Crippen molar-refractivity contribution in [2.75, 3.05) is 26.2 Å². The second-order valence-electron chi connectivity index (χ2n) is 7.62. The highest BCUT2D eigenvalue weighted by Gasteiger charge is 2.47. The Kier molecular flexibility index (Phi) is 6.38. The van der Waals surface area contributed by atoms with Gasteiger partial charge in [0.05, 0.1) is 5.56 Å². The third-order valence-electron chi connectivity index (χ3n) is 6.24. The van der Waals surface area contributed by atoms with E-state index < -0.39 is 5.82 Å². The Balaban J connectivity index is 0.00000117. The molecular weight excluding hydrogens is 367 g/mol. The molecule has 4 rings (SSSR count). The number of carbonyl (C=O) groups is 1. The van der Waals surface area contributed by atoms with Crippen molar-refractivity contribution in [3.63, 3.8) is 0 Å². The minimum absolute atomic E-state index is 0.0899. The highest BCUT2D eigenvalue weighted by Crippen LogP contribution is 2.49. The predicted molar refractivity (Wildman–Crippen MR) is 114 cm³/mol. The summed E-state index contributed by atoms with van der Waals surface area (Å²) in [4.78, 5) is 17.3. The van der Waals surface area contributed by atoms with Gasteiger partial charge < -0.3 is 14.9 Å². The average Bonchev–Trinajstić information content (AvgIpc) is 2.90. The summed E-state index contributed by atoms with van der Waals surface area (Å²) in [5.41, 5.74) is 2.03. The van der Waals surface area contributed by atoms with E-state index in [1.54, 1.807) is 29.2 Å². The Morgan fingerprint density at radius 1 is 1.21 bits per heavy atom. The Hall–Kier alpha value is -2.66. The predicted octanol–water partition coefficient (Wildman–Crippen LogP) is 4.84. The van der Waals surface area contributed by atoms with Crippen LogP contribution in [-0.2, 0) is 0 Å². The minimum atomic E-state index is -0.495. The Morgan fingerprint density at radius 3 is 2.55 bits per heavy atom. The van der Waals surface area contributed by atoms with Crippen molar-refractivity contribution in [1.82, 2.24) is 9.80 Å². The molecule has 1 saturated heterocycles. The molecule has 3 aliphatic rings. The van der Waals surface area contributed by atoms with Crippen LogP contribution in [0, 0.1) is 11.2 Å². The van der Waals surface area contributed by atoms with E-state index in [1.807, 2.05) is 12.2 Å². The van der Waals surface area contributed by atoms with E-state index in [9.17, 15) is 14.3 Å². The molecule has 0 unspecified atom stereocenters. The van der Waals surface area contributed by atoms with Crippen molar-refractivity contribution < 1.29 is 14.3 Å². The quantitative estimate of drug-likeness (QED) is 0.728. The summed E-state index contributed by atoms with van der Waals surface area (Å²) in [6.07, 6.45) is 7.83. The summed E-state index contributed by atoms with van der Waals surface area (Å²) in [6.45, 7) is 11.8. The smallest absolute Gasteiger partial charge is 0.261 e. The zero-order valence-corrected chi connectivity index (χ0v) is 17.0. The van der Waals surface area contributed by atoms with Crippen LogP contribution < -0.4 is 0 Å². The number of aliphatic hydroxyl groups is 1. The molecule has 0 bridgehead atoms. The molecule has 1 aliphatic carbocycles. The van der Waals surface area contributed by atoms with E-state index in [-0.39, 0.29) is 22.6 Å². The minimum Gasteiger partial charge on any atom is -0.508 e. The number of aliphatic hydroxyl groups excluding tert-OH is 1. The molecule has 29 heavy (non-hydrogen) atoms. The topological polar surface area (TPSA) is 43.8 Å². The van der Waals surface area contributed by atoms with E-state index >= 15 is 0 Å². The summed E-state index contributed by atoms with van der Waals surface area (Å²) in [7, 11) is 0. The van der Waals surface area contributed by atoms with Crippen molar-refractivity contribution in [2.45, 2.75) is 26.2 Å². The molecule has 1 aromatic carbocycles. The highest BCUT2D eigenvalue weighted by atomic mass is 19.1. The van der Waals surface area contributed by atoms with Gasteiger partial charge >= 0.3 is 0 Å².